The second-order valence-electron chi connectivity index (χ2n) is 11.3. The monoisotopic (exact) mass is 571 g/mol. The number of carboxylic acids is 1. The molecule has 3 amide bonds. The molecule has 0 heterocycles. The molecule has 0 fully saturated rings. The molecule has 0 bridgehead atoms. The Balaban J connectivity index is 1.98. The lowest BCUT2D eigenvalue weighted by Gasteiger charge is -2.28. The summed E-state index contributed by atoms with van der Waals surface area (Å²) < 4.78 is 5.63. The average Bonchev–Trinajstić information content (AvgIpc) is 2.92. The highest BCUT2D eigenvalue weighted by molar-refractivity contribution is 5.90. The number of carbonyl (C=O) groups excluding carboxylic acids is 3. The fraction of sp³-hybridized carbons (Fsp3) is 0.548. The lowest BCUT2D eigenvalue weighted by atomic mass is 9.90. The van der Waals surface area contributed by atoms with Gasteiger partial charge in [0.2, 0.25) is 11.8 Å². The second kappa shape index (κ2) is 16.6. The van der Waals surface area contributed by atoms with Crippen molar-refractivity contribution < 1.29 is 34.1 Å². The minimum Gasteiger partial charge on any atom is -0.483 e. The summed E-state index contributed by atoms with van der Waals surface area (Å²) in [7, 11) is 0. The van der Waals surface area contributed by atoms with Crippen molar-refractivity contribution >= 4 is 34.5 Å². The summed E-state index contributed by atoms with van der Waals surface area (Å²) >= 11 is 0. The molecule has 2 aromatic rings. The summed E-state index contributed by atoms with van der Waals surface area (Å²) in [6, 6.07) is 10.8. The molecule has 0 radical (unpaired) electrons. The van der Waals surface area contributed by atoms with Crippen LogP contribution in [-0.2, 0) is 19.2 Å². The van der Waals surface area contributed by atoms with Crippen molar-refractivity contribution in [2.45, 2.75) is 78.5 Å². The van der Waals surface area contributed by atoms with Crippen LogP contribution in [0.4, 0.5) is 0 Å². The van der Waals surface area contributed by atoms with Crippen LogP contribution in [0.3, 0.4) is 0 Å². The van der Waals surface area contributed by atoms with Gasteiger partial charge in [-0.1, -0.05) is 71.0 Å². The van der Waals surface area contributed by atoms with E-state index in [1.54, 1.807) is 12.1 Å². The summed E-state index contributed by atoms with van der Waals surface area (Å²) in [5.41, 5.74) is 0. The van der Waals surface area contributed by atoms with E-state index in [2.05, 4.69) is 16.0 Å². The fourth-order valence-corrected chi connectivity index (χ4v) is 4.54. The van der Waals surface area contributed by atoms with Crippen LogP contribution in [0.15, 0.2) is 42.5 Å². The van der Waals surface area contributed by atoms with E-state index in [-0.39, 0.29) is 18.2 Å². The van der Waals surface area contributed by atoms with Gasteiger partial charge in [-0.2, -0.15) is 0 Å². The molecule has 0 spiro atoms. The highest BCUT2D eigenvalue weighted by atomic mass is 16.5. The number of fused-ring (bicyclic) bond motifs is 1. The van der Waals surface area contributed by atoms with Crippen molar-refractivity contribution in [1.29, 1.82) is 0 Å². The first kappa shape index (κ1) is 33.5. The van der Waals surface area contributed by atoms with Crippen LogP contribution in [0.1, 0.15) is 60.3 Å². The minimum absolute atomic E-state index is 0.117. The lowest BCUT2D eigenvalue weighted by Crippen LogP contribution is -2.50. The Morgan fingerprint density at radius 2 is 1.56 bits per heavy atom. The van der Waals surface area contributed by atoms with E-state index in [0.29, 0.717) is 31.1 Å². The Morgan fingerprint density at radius 3 is 2.20 bits per heavy atom. The van der Waals surface area contributed by atoms with Gasteiger partial charge in [-0.15, -0.1) is 0 Å². The maximum Gasteiger partial charge on any atom is 0.326 e. The molecule has 10 nitrogen and oxygen atoms in total. The highest BCUT2D eigenvalue weighted by Crippen LogP contribution is 2.25. The van der Waals surface area contributed by atoms with Crippen molar-refractivity contribution in [2.24, 2.45) is 17.8 Å². The van der Waals surface area contributed by atoms with Gasteiger partial charge in [0.15, 0.2) is 6.61 Å². The number of aliphatic carboxylic acids is 1. The molecule has 2 aromatic carbocycles. The third kappa shape index (κ3) is 11.4. The Hall–Kier alpha value is -3.66. The van der Waals surface area contributed by atoms with E-state index in [1.807, 2.05) is 65.0 Å². The predicted molar refractivity (Wildman–Crippen MR) is 157 cm³/mol. The highest BCUT2D eigenvalue weighted by Gasteiger charge is 2.30. The topological polar surface area (TPSA) is 154 Å². The zero-order valence-corrected chi connectivity index (χ0v) is 24.7. The summed E-state index contributed by atoms with van der Waals surface area (Å²) in [5.74, 6) is -2.36. The molecule has 0 aliphatic carbocycles. The smallest absolute Gasteiger partial charge is 0.326 e. The van der Waals surface area contributed by atoms with Crippen LogP contribution in [0.2, 0.25) is 0 Å². The summed E-state index contributed by atoms with van der Waals surface area (Å²) in [6.45, 7) is 9.85. The number of amides is 3. The number of carbonyl (C=O) groups is 4. The van der Waals surface area contributed by atoms with Crippen molar-refractivity contribution in [3.63, 3.8) is 0 Å². The van der Waals surface area contributed by atoms with E-state index in [1.165, 1.54) is 0 Å². The van der Waals surface area contributed by atoms with Gasteiger partial charge in [-0.3, -0.25) is 14.4 Å². The number of aliphatic hydroxyl groups is 1. The van der Waals surface area contributed by atoms with Gasteiger partial charge in [0.25, 0.3) is 5.91 Å². The molecule has 0 aliphatic heterocycles. The molecule has 0 unspecified atom stereocenters. The van der Waals surface area contributed by atoms with Gasteiger partial charge in [-0.25, -0.2) is 4.79 Å². The van der Waals surface area contributed by atoms with Gasteiger partial charge >= 0.3 is 5.97 Å². The molecule has 0 saturated heterocycles. The predicted octanol–water partition coefficient (Wildman–Crippen LogP) is 3.26. The lowest BCUT2D eigenvalue weighted by molar-refractivity contribution is -0.144. The molecule has 0 saturated carbocycles. The van der Waals surface area contributed by atoms with E-state index >= 15 is 0 Å². The number of benzene rings is 2. The SMILES string of the molecule is CC[C@@H](C[C@H](O)[C@H](CC(C)C)NC(=O)C[C@H](NC(=O)COc1cccc2ccccc12)C(=O)O)C(=O)NCC(C)C. The van der Waals surface area contributed by atoms with Crippen LogP contribution in [0.5, 0.6) is 5.75 Å². The third-order valence-corrected chi connectivity index (χ3v) is 6.74. The van der Waals surface area contributed by atoms with E-state index in [0.717, 1.165) is 10.8 Å². The first-order valence-corrected chi connectivity index (χ1v) is 14.3. The largest absolute Gasteiger partial charge is 0.483 e. The summed E-state index contributed by atoms with van der Waals surface area (Å²) in [4.78, 5) is 49.9. The Labute approximate surface area is 242 Å². The van der Waals surface area contributed by atoms with Gasteiger partial charge in [0.1, 0.15) is 11.8 Å². The Bertz CT molecular complexity index is 1160. The maximum atomic E-state index is 12.9. The van der Waals surface area contributed by atoms with Crippen molar-refractivity contribution in [1.82, 2.24) is 16.0 Å². The standard InChI is InChI=1S/C31H45N3O7/c1-6-21(30(38)32-17-20(4)5)15-26(35)24(14-19(2)3)33-28(36)16-25(31(39)40)34-29(37)18-41-27-13-9-11-22-10-7-8-12-23(22)27/h7-13,19-21,24-26,35H,6,14-18H2,1-5H3,(H,32,38)(H,33,36)(H,34,37)(H,39,40)/t21-,24-,25-,26-/m0/s1. The number of ether oxygens (including phenoxy) is 1. The fourth-order valence-electron chi connectivity index (χ4n) is 4.54. The molecule has 41 heavy (non-hydrogen) atoms. The van der Waals surface area contributed by atoms with Crippen molar-refractivity contribution in [3.8, 4) is 5.75 Å². The number of hydrogen-bond acceptors (Lipinski definition) is 6. The molecular weight excluding hydrogens is 526 g/mol. The van der Waals surface area contributed by atoms with Gasteiger partial charge < -0.3 is 30.9 Å². The van der Waals surface area contributed by atoms with E-state index in [4.69, 9.17) is 4.74 Å². The number of rotatable bonds is 17. The molecule has 0 aromatic heterocycles. The van der Waals surface area contributed by atoms with Crippen LogP contribution in [0.25, 0.3) is 10.8 Å². The van der Waals surface area contributed by atoms with Gasteiger partial charge in [0.05, 0.1) is 18.6 Å². The number of hydrogen-bond donors (Lipinski definition) is 5. The van der Waals surface area contributed by atoms with Crippen LogP contribution < -0.4 is 20.7 Å². The quantitative estimate of drug-likeness (QED) is 0.195. The van der Waals surface area contributed by atoms with Crippen LogP contribution in [-0.4, -0.2) is 65.2 Å². The number of aliphatic hydroxyl groups excluding tert-OH is 1. The zero-order valence-electron chi connectivity index (χ0n) is 24.7. The van der Waals surface area contributed by atoms with E-state index in [9.17, 15) is 29.4 Å². The van der Waals surface area contributed by atoms with Crippen LogP contribution >= 0.6 is 0 Å². The van der Waals surface area contributed by atoms with Crippen molar-refractivity contribution in [3.05, 3.63) is 42.5 Å². The third-order valence-electron chi connectivity index (χ3n) is 6.74. The normalized spacial score (nSPS) is 14.2. The number of nitrogens with one attached hydrogen (secondary N) is 3. The number of carboxylic acid groups (broad SMARTS) is 1. The minimum atomic E-state index is -1.49. The Morgan fingerprint density at radius 1 is 0.878 bits per heavy atom. The average molecular weight is 572 g/mol. The van der Waals surface area contributed by atoms with Gasteiger partial charge in [-0.05, 0) is 42.6 Å². The Kier molecular flexibility index (Phi) is 13.6. The molecule has 2 rings (SSSR count). The van der Waals surface area contributed by atoms with E-state index < -0.39 is 54.9 Å². The molecule has 226 valence electrons. The van der Waals surface area contributed by atoms with Gasteiger partial charge in [0, 0.05) is 17.8 Å². The molecule has 5 N–H and O–H groups in total. The first-order chi connectivity index (χ1) is 19.4. The maximum absolute atomic E-state index is 12.9. The second-order valence-corrected chi connectivity index (χ2v) is 11.3. The summed E-state index contributed by atoms with van der Waals surface area (Å²) in [5, 5.41) is 30.4. The molecule has 0 aliphatic rings. The first-order valence-electron chi connectivity index (χ1n) is 14.3. The molecular formula is C31H45N3O7. The van der Waals surface area contributed by atoms with Crippen LogP contribution in [0, 0.1) is 17.8 Å². The molecule has 4 atom stereocenters. The zero-order chi connectivity index (χ0) is 30.5. The summed E-state index contributed by atoms with van der Waals surface area (Å²) in [6.07, 6.45) is -0.425. The van der Waals surface area contributed by atoms with Crippen molar-refractivity contribution in [2.75, 3.05) is 13.2 Å². The molecule has 10 heteroatoms.